The average Bonchev–Trinajstić information content (AvgIpc) is 2.48. The smallest absolute Gasteiger partial charge is 0.251 e. The van der Waals surface area contributed by atoms with Crippen molar-refractivity contribution in [3.05, 3.63) is 33.8 Å². The summed E-state index contributed by atoms with van der Waals surface area (Å²) in [7, 11) is 0. The Hall–Kier alpha value is -0.870. The zero-order valence-electron chi connectivity index (χ0n) is 13.0. The SMILES string of the molecule is Cc1c(Br)cccc1C(=O)NCCCN1CCC(C)CC1. The number of nitrogens with zero attached hydrogens (tertiary/aromatic N) is 1. The van der Waals surface area contributed by atoms with Gasteiger partial charge >= 0.3 is 0 Å². The minimum atomic E-state index is 0.0288. The summed E-state index contributed by atoms with van der Waals surface area (Å²) in [5, 5.41) is 3.03. The molecule has 1 amide bonds. The standard InChI is InChI=1S/C17H25BrN2O/c1-13-7-11-20(12-8-13)10-4-9-19-17(21)15-5-3-6-16(18)14(15)2/h3,5-6,13H,4,7-12H2,1-2H3,(H,19,21). The number of hydrogen-bond donors (Lipinski definition) is 1. The highest BCUT2D eigenvalue weighted by molar-refractivity contribution is 9.10. The lowest BCUT2D eigenvalue weighted by Crippen LogP contribution is -2.35. The molecule has 1 aliphatic rings. The molecule has 116 valence electrons. The average molecular weight is 353 g/mol. The zero-order chi connectivity index (χ0) is 15.2. The van der Waals surface area contributed by atoms with Gasteiger partial charge in [-0.1, -0.05) is 28.9 Å². The van der Waals surface area contributed by atoms with E-state index in [1.165, 1.54) is 25.9 Å². The largest absolute Gasteiger partial charge is 0.352 e. The van der Waals surface area contributed by atoms with E-state index in [0.29, 0.717) is 0 Å². The molecule has 1 aliphatic heterocycles. The van der Waals surface area contributed by atoms with E-state index in [2.05, 4.69) is 33.1 Å². The van der Waals surface area contributed by atoms with Crippen LogP contribution in [-0.4, -0.2) is 37.0 Å². The molecule has 0 bridgehead atoms. The van der Waals surface area contributed by atoms with E-state index in [4.69, 9.17) is 0 Å². The second kappa shape index (κ2) is 7.95. The molecule has 1 saturated heterocycles. The molecule has 0 saturated carbocycles. The van der Waals surface area contributed by atoms with Gasteiger partial charge < -0.3 is 10.2 Å². The highest BCUT2D eigenvalue weighted by Gasteiger charge is 2.15. The summed E-state index contributed by atoms with van der Waals surface area (Å²) in [5.74, 6) is 0.904. The van der Waals surface area contributed by atoms with Crippen LogP contribution in [0.4, 0.5) is 0 Å². The van der Waals surface area contributed by atoms with Gasteiger partial charge in [-0.15, -0.1) is 0 Å². The number of amides is 1. The van der Waals surface area contributed by atoms with Gasteiger partial charge in [0, 0.05) is 16.6 Å². The Bertz CT molecular complexity index is 482. The van der Waals surface area contributed by atoms with E-state index in [9.17, 15) is 4.79 Å². The Morgan fingerprint density at radius 3 is 2.81 bits per heavy atom. The van der Waals surface area contributed by atoms with Crippen molar-refractivity contribution in [3.63, 3.8) is 0 Å². The van der Waals surface area contributed by atoms with Gasteiger partial charge in [0.25, 0.3) is 5.91 Å². The van der Waals surface area contributed by atoms with Gasteiger partial charge in [-0.05, 0) is 69.4 Å². The number of hydrogen-bond acceptors (Lipinski definition) is 2. The molecule has 1 N–H and O–H groups in total. The van der Waals surface area contributed by atoms with E-state index in [1.54, 1.807) is 0 Å². The number of rotatable bonds is 5. The lowest BCUT2D eigenvalue weighted by Gasteiger charge is -2.30. The molecule has 0 aliphatic carbocycles. The zero-order valence-corrected chi connectivity index (χ0v) is 14.6. The molecule has 0 unspecified atom stereocenters. The monoisotopic (exact) mass is 352 g/mol. The first-order valence-electron chi connectivity index (χ1n) is 7.83. The van der Waals surface area contributed by atoms with Crippen LogP contribution in [0.25, 0.3) is 0 Å². The minimum absolute atomic E-state index is 0.0288. The van der Waals surface area contributed by atoms with Crippen LogP contribution in [-0.2, 0) is 0 Å². The summed E-state index contributed by atoms with van der Waals surface area (Å²) in [4.78, 5) is 14.7. The summed E-state index contributed by atoms with van der Waals surface area (Å²) in [6.07, 6.45) is 3.64. The van der Waals surface area contributed by atoms with Crippen molar-refractivity contribution < 1.29 is 4.79 Å². The highest BCUT2D eigenvalue weighted by Crippen LogP contribution is 2.19. The maximum Gasteiger partial charge on any atom is 0.251 e. The Morgan fingerprint density at radius 2 is 2.10 bits per heavy atom. The second-order valence-electron chi connectivity index (χ2n) is 6.05. The van der Waals surface area contributed by atoms with E-state index >= 15 is 0 Å². The van der Waals surface area contributed by atoms with Crippen LogP contribution in [0.15, 0.2) is 22.7 Å². The molecule has 21 heavy (non-hydrogen) atoms. The van der Waals surface area contributed by atoms with Crippen LogP contribution in [0.3, 0.4) is 0 Å². The van der Waals surface area contributed by atoms with Crippen LogP contribution in [0.5, 0.6) is 0 Å². The van der Waals surface area contributed by atoms with Crippen LogP contribution >= 0.6 is 15.9 Å². The highest BCUT2D eigenvalue weighted by atomic mass is 79.9. The number of likely N-dealkylation sites (tertiary alicyclic amines) is 1. The first kappa shape index (κ1) is 16.5. The van der Waals surface area contributed by atoms with E-state index < -0.39 is 0 Å². The normalized spacial score (nSPS) is 16.9. The summed E-state index contributed by atoms with van der Waals surface area (Å²) in [5.41, 5.74) is 1.76. The Kier molecular flexibility index (Phi) is 6.24. The fourth-order valence-electron chi connectivity index (χ4n) is 2.74. The summed E-state index contributed by atoms with van der Waals surface area (Å²) >= 11 is 3.47. The third-order valence-electron chi connectivity index (χ3n) is 4.33. The molecule has 0 radical (unpaired) electrons. The fourth-order valence-corrected chi connectivity index (χ4v) is 3.11. The molecule has 1 aromatic carbocycles. The molecule has 1 fully saturated rings. The van der Waals surface area contributed by atoms with Crippen molar-refractivity contribution in [3.8, 4) is 0 Å². The number of carbonyl (C=O) groups excluding carboxylic acids is 1. The van der Waals surface area contributed by atoms with Crippen molar-refractivity contribution in [2.45, 2.75) is 33.1 Å². The number of benzene rings is 1. The lowest BCUT2D eigenvalue weighted by atomic mass is 9.99. The first-order chi connectivity index (χ1) is 10.1. The summed E-state index contributed by atoms with van der Waals surface area (Å²) < 4.78 is 0.984. The Labute approximate surface area is 136 Å². The number of piperidine rings is 1. The third-order valence-corrected chi connectivity index (χ3v) is 5.18. The molecule has 2 rings (SSSR count). The topological polar surface area (TPSA) is 32.3 Å². The van der Waals surface area contributed by atoms with Crippen molar-refractivity contribution in [1.82, 2.24) is 10.2 Å². The van der Waals surface area contributed by atoms with Crippen LogP contribution in [0.1, 0.15) is 42.1 Å². The summed E-state index contributed by atoms with van der Waals surface area (Å²) in [6.45, 7) is 8.55. The maximum atomic E-state index is 12.2. The molecule has 0 aromatic heterocycles. The summed E-state index contributed by atoms with van der Waals surface area (Å²) in [6, 6.07) is 5.74. The van der Waals surface area contributed by atoms with Crippen LogP contribution in [0, 0.1) is 12.8 Å². The van der Waals surface area contributed by atoms with Gasteiger partial charge in [0.15, 0.2) is 0 Å². The lowest BCUT2D eigenvalue weighted by molar-refractivity contribution is 0.0950. The number of nitrogens with one attached hydrogen (secondary N) is 1. The van der Waals surface area contributed by atoms with E-state index in [-0.39, 0.29) is 5.91 Å². The fraction of sp³-hybridized carbons (Fsp3) is 0.588. The van der Waals surface area contributed by atoms with Crippen molar-refractivity contribution >= 4 is 21.8 Å². The second-order valence-corrected chi connectivity index (χ2v) is 6.90. The van der Waals surface area contributed by atoms with Gasteiger partial charge in [0.1, 0.15) is 0 Å². The Morgan fingerprint density at radius 1 is 1.38 bits per heavy atom. The Balaban J connectivity index is 1.71. The molecule has 4 heteroatoms. The van der Waals surface area contributed by atoms with Gasteiger partial charge in [-0.25, -0.2) is 0 Å². The van der Waals surface area contributed by atoms with Gasteiger partial charge in [0.05, 0.1) is 0 Å². The van der Waals surface area contributed by atoms with Crippen molar-refractivity contribution in [1.29, 1.82) is 0 Å². The molecule has 0 spiro atoms. The van der Waals surface area contributed by atoms with Gasteiger partial charge in [0.2, 0.25) is 0 Å². The third kappa shape index (κ3) is 4.82. The van der Waals surface area contributed by atoms with Crippen LogP contribution < -0.4 is 5.32 Å². The molecule has 3 nitrogen and oxygen atoms in total. The van der Waals surface area contributed by atoms with Gasteiger partial charge in [-0.3, -0.25) is 4.79 Å². The molecular weight excluding hydrogens is 328 g/mol. The van der Waals surface area contributed by atoms with Crippen molar-refractivity contribution in [2.24, 2.45) is 5.92 Å². The molecule has 0 atom stereocenters. The number of carbonyl (C=O) groups is 1. The van der Waals surface area contributed by atoms with Crippen LogP contribution in [0.2, 0.25) is 0 Å². The molecule has 1 aromatic rings. The van der Waals surface area contributed by atoms with E-state index in [0.717, 1.165) is 41.0 Å². The minimum Gasteiger partial charge on any atom is -0.352 e. The quantitative estimate of drug-likeness (QED) is 0.821. The first-order valence-corrected chi connectivity index (χ1v) is 8.63. The van der Waals surface area contributed by atoms with Crippen molar-refractivity contribution in [2.75, 3.05) is 26.2 Å². The maximum absolute atomic E-state index is 12.2. The molecule has 1 heterocycles. The van der Waals surface area contributed by atoms with E-state index in [1.807, 2.05) is 25.1 Å². The predicted octanol–water partition coefficient (Wildman–Crippen LogP) is 3.61. The number of halogens is 1. The van der Waals surface area contributed by atoms with Gasteiger partial charge in [-0.2, -0.15) is 0 Å². The predicted molar refractivity (Wildman–Crippen MR) is 90.7 cm³/mol. The molecular formula is C17H25BrN2O.